The number of carbonyl (C=O) groups is 2. The van der Waals surface area contributed by atoms with E-state index in [1.54, 1.807) is 6.07 Å². The topological polar surface area (TPSA) is 82.4 Å². The zero-order chi connectivity index (χ0) is 15.6. The van der Waals surface area contributed by atoms with Crippen molar-refractivity contribution in [3.8, 4) is 11.8 Å². The first-order valence-electron chi connectivity index (χ1n) is 5.95. The number of halogens is 2. The van der Waals surface area contributed by atoms with Crippen LogP contribution in [0.15, 0.2) is 24.3 Å². The van der Waals surface area contributed by atoms with E-state index in [1.807, 2.05) is 0 Å². The number of ether oxygens (including phenoxy) is 1. The Bertz CT molecular complexity index is 612. The molecule has 1 aliphatic rings. The van der Waals surface area contributed by atoms with Gasteiger partial charge >= 0.3 is 12.6 Å². The molecule has 1 aromatic rings. The molecule has 1 fully saturated rings. The van der Waals surface area contributed by atoms with Crippen LogP contribution in [0.5, 0.6) is 5.75 Å². The van der Waals surface area contributed by atoms with Crippen LogP contribution in [-0.2, 0) is 10.3 Å². The van der Waals surface area contributed by atoms with Crippen molar-refractivity contribution in [1.82, 2.24) is 10.2 Å². The lowest BCUT2D eigenvalue weighted by Crippen LogP contribution is -2.40. The molecule has 2 rings (SSSR count). The van der Waals surface area contributed by atoms with Gasteiger partial charge in [0.1, 0.15) is 17.8 Å². The number of carbonyl (C=O) groups excluding carboxylic acids is 2. The molecule has 0 saturated carbocycles. The smallest absolute Gasteiger partial charge is 0.387 e. The van der Waals surface area contributed by atoms with Crippen LogP contribution in [0.1, 0.15) is 12.5 Å². The van der Waals surface area contributed by atoms with E-state index in [0.29, 0.717) is 5.56 Å². The van der Waals surface area contributed by atoms with Crippen molar-refractivity contribution >= 4 is 11.9 Å². The molecule has 1 saturated heterocycles. The van der Waals surface area contributed by atoms with Gasteiger partial charge in [-0.3, -0.25) is 4.79 Å². The highest BCUT2D eigenvalue weighted by molar-refractivity contribution is 6.07. The van der Waals surface area contributed by atoms with E-state index >= 15 is 0 Å². The SMILES string of the molecule is C[C@@]1(c2ccc(OC(F)F)cc2)NC(=O)N(CC#N)C1=O. The maximum atomic E-state index is 12.2. The van der Waals surface area contributed by atoms with E-state index in [9.17, 15) is 18.4 Å². The van der Waals surface area contributed by atoms with Crippen LogP contribution in [0.2, 0.25) is 0 Å². The molecule has 0 aliphatic carbocycles. The van der Waals surface area contributed by atoms with Gasteiger partial charge in [0, 0.05) is 0 Å². The number of hydrogen-bond acceptors (Lipinski definition) is 4. The summed E-state index contributed by atoms with van der Waals surface area (Å²) in [5.74, 6) is -0.625. The third-order valence-electron chi connectivity index (χ3n) is 3.16. The number of alkyl halides is 2. The number of nitriles is 1. The molecule has 0 radical (unpaired) electrons. The zero-order valence-electron chi connectivity index (χ0n) is 11.0. The quantitative estimate of drug-likeness (QED) is 0.675. The van der Waals surface area contributed by atoms with E-state index in [4.69, 9.17) is 5.26 Å². The van der Waals surface area contributed by atoms with Crippen molar-refractivity contribution in [3.63, 3.8) is 0 Å². The molecule has 21 heavy (non-hydrogen) atoms. The summed E-state index contributed by atoms with van der Waals surface area (Å²) in [6, 6.07) is 6.43. The van der Waals surface area contributed by atoms with Gasteiger partial charge in [0.2, 0.25) is 0 Å². The lowest BCUT2D eigenvalue weighted by molar-refractivity contribution is -0.130. The average molecular weight is 295 g/mol. The lowest BCUT2D eigenvalue weighted by atomic mass is 9.92. The number of nitrogens with zero attached hydrogens (tertiary/aromatic N) is 2. The fraction of sp³-hybridized carbons (Fsp3) is 0.308. The summed E-state index contributed by atoms with van der Waals surface area (Å²) in [6.45, 7) is -1.81. The molecular weight excluding hydrogens is 284 g/mol. The maximum Gasteiger partial charge on any atom is 0.387 e. The minimum absolute atomic E-state index is 0.0528. The van der Waals surface area contributed by atoms with Crippen LogP contribution in [0.25, 0.3) is 0 Å². The Morgan fingerprint density at radius 1 is 1.38 bits per heavy atom. The minimum Gasteiger partial charge on any atom is -0.435 e. The Kier molecular flexibility index (Phi) is 3.76. The molecule has 0 aromatic heterocycles. The standard InChI is InChI=1S/C13H11F2N3O3/c1-13(10(19)18(7-6-16)12(20)17-13)8-2-4-9(5-3-8)21-11(14)15/h2-5,11H,7H2,1H3,(H,17,20)/t13-/m0/s1. The Morgan fingerprint density at radius 3 is 2.52 bits per heavy atom. The van der Waals surface area contributed by atoms with Crippen LogP contribution in [0.4, 0.5) is 13.6 Å². The highest BCUT2D eigenvalue weighted by atomic mass is 19.3. The minimum atomic E-state index is -2.94. The van der Waals surface area contributed by atoms with Crippen molar-refractivity contribution in [3.05, 3.63) is 29.8 Å². The predicted molar refractivity (Wildman–Crippen MR) is 66.3 cm³/mol. The van der Waals surface area contributed by atoms with Gasteiger partial charge < -0.3 is 10.1 Å². The summed E-state index contributed by atoms with van der Waals surface area (Å²) in [5.41, 5.74) is -0.931. The van der Waals surface area contributed by atoms with Crippen molar-refractivity contribution in [2.24, 2.45) is 0 Å². The first-order chi connectivity index (χ1) is 9.88. The first-order valence-corrected chi connectivity index (χ1v) is 5.95. The van der Waals surface area contributed by atoms with Crippen LogP contribution < -0.4 is 10.1 Å². The van der Waals surface area contributed by atoms with Gasteiger partial charge in [-0.25, -0.2) is 9.69 Å². The van der Waals surface area contributed by atoms with E-state index < -0.39 is 24.1 Å². The number of benzene rings is 1. The molecule has 110 valence electrons. The van der Waals surface area contributed by atoms with E-state index in [1.165, 1.54) is 31.2 Å². The van der Waals surface area contributed by atoms with Gasteiger partial charge in [0.05, 0.1) is 6.07 Å². The fourth-order valence-electron chi connectivity index (χ4n) is 2.08. The molecule has 3 amide bonds. The molecule has 8 heteroatoms. The normalized spacial score (nSPS) is 21.4. The van der Waals surface area contributed by atoms with Gasteiger partial charge in [-0.05, 0) is 24.6 Å². The van der Waals surface area contributed by atoms with Crippen LogP contribution in [-0.4, -0.2) is 30.0 Å². The van der Waals surface area contributed by atoms with Gasteiger partial charge in [-0.1, -0.05) is 12.1 Å². The molecule has 1 aliphatic heterocycles. The molecule has 0 bridgehead atoms. The Morgan fingerprint density at radius 2 is 2.00 bits per heavy atom. The van der Waals surface area contributed by atoms with E-state index in [0.717, 1.165) is 4.90 Å². The average Bonchev–Trinajstić information content (AvgIpc) is 2.64. The van der Waals surface area contributed by atoms with Crippen molar-refractivity contribution in [2.45, 2.75) is 19.1 Å². The summed E-state index contributed by atoms with van der Waals surface area (Å²) >= 11 is 0. The van der Waals surface area contributed by atoms with E-state index in [2.05, 4.69) is 10.1 Å². The Labute approximate surface area is 118 Å². The maximum absolute atomic E-state index is 12.2. The predicted octanol–water partition coefficient (Wildman–Crippen LogP) is 1.58. The van der Waals surface area contributed by atoms with Crippen LogP contribution in [0, 0.1) is 11.3 Å². The third kappa shape index (κ3) is 2.63. The summed E-state index contributed by atoms with van der Waals surface area (Å²) < 4.78 is 28.4. The second-order valence-corrected chi connectivity index (χ2v) is 4.51. The molecule has 1 heterocycles. The second-order valence-electron chi connectivity index (χ2n) is 4.51. The van der Waals surface area contributed by atoms with Gasteiger partial charge in [0.15, 0.2) is 0 Å². The molecule has 1 N–H and O–H groups in total. The zero-order valence-corrected chi connectivity index (χ0v) is 11.0. The van der Waals surface area contributed by atoms with E-state index in [-0.39, 0.29) is 12.3 Å². The van der Waals surface area contributed by atoms with Gasteiger partial charge in [-0.2, -0.15) is 14.0 Å². The number of amides is 3. The molecular formula is C13H11F2N3O3. The second kappa shape index (κ2) is 5.36. The monoisotopic (exact) mass is 295 g/mol. The van der Waals surface area contributed by atoms with Crippen molar-refractivity contribution in [2.75, 3.05) is 6.54 Å². The van der Waals surface area contributed by atoms with Crippen molar-refractivity contribution in [1.29, 1.82) is 5.26 Å². The van der Waals surface area contributed by atoms with Crippen LogP contribution in [0.3, 0.4) is 0 Å². The third-order valence-corrected chi connectivity index (χ3v) is 3.16. The number of urea groups is 1. The summed E-state index contributed by atoms with van der Waals surface area (Å²) in [6.07, 6.45) is 0. The molecule has 0 unspecified atom stereocenters. The summed E-state index contributed by atoms with van der Waals surface area (Å²) in [7, 11) is 0. The Balaban J connectivity index is 2.27. The van der Waals surface area contributed by atoms with Gasteiger partial charge in [0.25, 0.3) is 5.91 Å². The number of rotatable bonds is 4. The Hall–Kier alpha value is -2.69. The molecule has 0 spiro atoms. The largest absolute Gasteiger partial charge is 0.435 e. The molecule has 6 nitrogen and oxygen atoms in total. The van der Waals surface area contributed by atoms with Gasteiger partial charge in [-0.15, -0.1) is 0 Å². The number of hydrogen-bond donors (Lipinski definition) is 1. The molecule has 1 atom stereocenters. The lowest BCUT2D eigenvalue weighted by Gasteiger charge is -2.22. The number of imide groups is 1. The number of nitrogens with one attached hydrogen (secondary N) is 1. The van der Waals surface area contributed by atoms with Crippen molar-refractivity contribution < 1.29 is 23.1 Å². The highest BCUT2D eigenvalue weighted by Gasteiger charge is 2.48. The first kappa shape index (κ1) is 14.7. The fourth-order valence-corrected chi connectivity index (χ4v) is 2.08. The molecule has 1 aromatic carbocycles. The highest BCUT2D eigenvalue weighted by Crippen LogP contribution is 2.30. The van der Waals surface area contributed by atoms with Crippen LogP contribution >= 0.6 is 0 Å². The summed E-state index contributed by atoms with van der Waals surface area (Å²) in [5, 5.41) is 11.1. The summed E-state index contributed by atoms with van der Waals surface area (Å²) in [4.78, 5) is 24.7.